The zero-order valence-electron chi connectivity index (χ0n) is 27.7. The van der Waals surface area contributed by atoms with Crippen LogP contribution in [-0.4, -0.2) is 33.3 Å². The molecule has 1 N–H and O–H groups in total. The Balaban J connectivity index is 1.55. The van der Waals surface area contributed by atoms with Crippen LogP contribution in [0.2, 0.25) is 0 Å². The van der Waals surface area contributed by atoms with E-state index >= 15 is 0 Å². The van der Waals surface area contributed by atoms with Crippen molar-refractivity contribution in [1.82, 2.24) is 0 Å². The van der Waals surface area contributed by atoms with Gasteiger partial charge in [-0.15, -0.1) is 0 Å². The van der Waals surface area contributed by atoms with Crippen LogP contribution < -0.4 is 13.7 Å². The lowest BCUT2D eigenvalue weighted by molar-refractivity contribution is -0.385. The fraction of sp³-hybridized carbons (Fsp3) is 0.135. The molecule has 0 bridgehead atoms. The average molecular weight is 727 g/mol. The van der Waals surface area contributed by atoms with Gasteiger partial charge in [0.05, 0.1) is 27.3 Å². The molecule has 5 aromatic rings. The predicted octanol–water partition coefficient (Wildman–Crippen LogP) is 7.39. The maximum atomic E-state index is 14.6. The van der Waals surface area contributed by atoms with Gasteiger partial charge in [0, 0.05) is 11.8 Å². The normalized spacial score (nSPS) is 12.6. The van der Waals surface area contributed by atoms with Gasteiger partial charge < -0.3 is 13.7 Å². The van der Waals surface area contributed by atoms with Gasteiger partial charge in [-0.2, -0.15) is 16.8 Å². The summed E-state index contributed by atoms with van der Waals surface area (Å²) >= 11 is 0. The predicted molar refractivity (Wildman–Crippen MR) is 188 cm³/mol. The minimum Gasteiger partial charge on any atom is -0.378 e. The summed E-state index contributed by atoms with van der Waals surface area (Å²) < 4.78 is 64.4. The van der Waals surface area contributed by atoms with Crippen molar-refractivity contribution in [3.8, 4) is 11.5 Å². The van der Waals surface area contributed by atoms with E-state index in [0.29, 0.717) is 5.69 Å². The third-order valence-electron chi connectivity index (χ3n) is 8.29. The number of hydrogen-bond acceptors (Lipinski definition) is 11. The summed E-state index contributed by atoms with van der Waals surface area (Å²) in [5.74, 6) is -3.18. The quantitative estimate of drug-likeness (QED) is 0.0846. The molecule has 0 spiro atoms. The van der Waals surface area contributed by atoms with Crippen LogP contribution in [0.15, 0.2) is 107 Å². The number of benzene rings is 5. The van der Waals surface area contributed by atoms with Gasteiger partial charge in [0.1, 0.15) is 15.4 Å². The summed E-state index contributed by atoms with van der Waals surface area (Å²) in [6.07, 6.45) is 0. The van der Waals surface area contributed by atoms with Crippen LogP contribution in [0.5, 0.6) is 11.5 Å². The third-order valence-corrected chi connectivity index (χ3v) is 10.8. The number of carbonyl (C=O) groups is 2. The van der Waals surface area contributed by atoms with Gasteiger partial charge in [-0.05, 0) is 79.9 Å². The lowest BCUT2D eigenvalue weighted by Gasteiger charge is -2.24. The summed E-state index contributed by atoms with van der Waals surface area (Å²) in [6.45, 7) is 7.54. The summed E-state index contributed by atoms with van der Waals surface area (Å²) in [6, 6.07) is 22.8. The monoisotopic (exact) mass is 726 g/mol. The van der Waals surface area contributed by atoms with Crippen LogP contribution in [0.3, 0.4) is 0 Å². The van der Waals surface area contributed by atoms with Crippen LogP contribution in [-0.2, 0) is 20.2 Å². The van der Waals surface area contributed by atoms with E-state index in [9.17, 15) is 36.5 Å². The smallest absolute Gasteiger partial charge is 0.339 e. The van der Waals surface area contributed by atoms with Crippen LogP contribution >= 0.6 is 0 Å². The van der Waals surface area contributed by atoms with Crippen molar-refractivity contribution in [2.75, 3.05) is 5.32 Å². The molecule has 0 heterocycles. The lowest BCUT2D eigenvalue weighted by atomic mass is 9.81. The van der Waals surface area contributed by atoms with E-state index in [4.69, 9.17) is 8.37 Å². The number of ketones is 2. The van der Waals surface area contributed by atoms with E-state index in [0.717, 1.165) is 28.8 Å². The first-order chi connectivity index (χ1) is 24.1. The number of rotatable bonds is 10. The van der Waals surface area contributed by atoms with Gasteiger partial charge >= 0.3 is 20.2 Å². The second-order valence-corrected chi connectivity index (χ2v) is 15.3. The SMILES string of the molecule is Cc1ccc(S(=O)(=O)Oc2ccc(Nc3ccc(C(C)C)cc3)c3c2C(=O)c2c([N+](=O)[O-])ccc(OS(=O)(=O)c4ccc(C)cc4)c2C3=O)cc1. The van der Waals surface area contributed by atoms with E-state index < -0.39 is 76.2 Å². The Kier molecular flexibility index (Phi) is 9.00. The molecule has 6 rings (SSSR count). The van der Waals surface area contributed by atoms with Gasteiger partial charge in [0.15, 0.2) is 11.5 Å². The van der Waals surface area contributed by atoms with Crippen LogP contribution in [0.4, 0.5) is 17.1 Å². The first-order valence-corrected chi connectivity index (χ1v) is 18.4. The number of nitro groups is 1. The Labute approximate surface area is 294 Å². The largest absolute Gasteiger partial charge is 0.378 e. The maximum Gasteiger partial charge on any atom is 0.339 e. The topological polar surface area (TPSA) is 176 Å². The van der Waals surface area contributed by atoms with Gasteiger partial charge in [-0.1, -0.05) is 61.4 Å². The molecule has 0 saturated heterocycles. The first-order valence-electron chi connectivity index (χ1n) is 15.5. The highest BCUT2D eigenvalue weighted by atomic mass is 32.2. The van der Waals surface area contributed by atoms with Crippen molar-refractivity contribution in [1.29, 1.82) is 0 Å². The number of anilines is 2. The molecule has 14 heteroatoms. The summed E-state index contributed by atoms with van der Waals surface area (Å²) in [7, 11) is -9.18. The molecule has 0 saturated carbocycles. The number of carbonyl (C=O) groups excluding carboxylic acids is 2. The van der Waals surface area contributed by atoms with Crippen LogP contribution in [0, 0.1) is 24.0 Å². The van der Waals surface area contributed by atoms with E-state index in [1.54, 1.807) is 38.1 Å². The van der Waals surface area contributed by atoms with Crippen molar-refractivity contribution in [3.05, 3.63) is 146 Å². The first kappa shape index (κ1) is 35.0. The molecular formula is C37H30N2O10S2. The Morgan fingerprint density at radius 2 is 1.06 bits per heavy atom. The third kappa shape index (κ3) is 6.70. The van der Waals surface area contributed by atoms with E-state index in [2.05, 4.69) is 5.32 Å². The number of nitro benzene ring substituents is 1. The number of nitrogens with one attached hydrogen (secondary N) is 1. The Hall–Kier alpha value is -5.86. The Bertz CT molecular complexity index is 2460. The van der Waals surface area contributed by atoms with E-state index in [1.807, 2.05) is 26.0 Å². The van der Waals surface area contributed by atoms with Crippen molar-refractivity contribution in [3.63, 3.8) is 0 Å². The zero-order chi connectivity index (χ0) is 36.8. The molecule has 0 aromatic heterocycles. The summed E-state index contributed by atoms with van der Waals surface area (Å²) in [4.78, 5) is 39.9. The molecule has 0 unspecified atom stereocenters. The highest BCUT2D eigenvalue weighted by Crippen LogP contribution is 2.45. The minimum atomic E-state index is -4.60. The lowest BCUT2D eigenvalue weighted by Crippen LogP contribution is -2.26. The molecule has 1 aliphatic carbocycles. The average Bonchev–Trinajstić information content (AvgIpc) is 3.07. The highest BCUT2D eigenvalue weighted by molar-refractivity contribution is 7.87. The number of nitrogens with zero attached hydrogens (tertiary/aromatic N) is 1. The molecular weight excluding hydrogens is 697 g/mol. The second-order valence-electron chi connectivity index (χ2n) is 12.2. The molecule has 0 aliphatic heterocycles. The Morgan fingerprint density at radius 3 is 1.53 bits per heavy atom. The molecule has 5 aromatic carbocycles. The van der Waals surface area contributed by atoms with E-state index in [-0.39, 0.29) is 21.4 Å². The second kappa shape index (κ2) is 13.1. The van der Waals surface area contributed by atoms with Gasteiger partial charge in [0.25, 0.3) is 5.69 Å². The van der Waals surface area contributed by atoms with E-state index in [1.165, 1.54) is 48.5 Å². The molecule has 1 aliphatic rings. The minimum absolute atomic E-state index is 0.0187. The Morgan fingerprint density at radius 1 is 0.608 bits per heavy atom. The van der Waals surface area contributed by atoms with Crippen molar-refractivity contribution in [2.45, 2.75) is 43.4 Å². The maximum absolute atomic E-state index is 14.6. The molecule has 0 amide bonds. The van der Waals surface area contributed by atoms with Crippen molar-refractivity contribution >= 4 is 48.9 Å². The number of hydrogen-bond donors (Lipinski definition) is 1. The number of fused-ring (bicyclic) bond motifs is 2. The van der Waals surface area contributed by atoms with Gasteiger partial charge in [0.2, 0.25) is 11.6 Å². The number of aryl methyl sites for hydroxylation is 2. The molecule has 0 radical (unpaired) electrons. The standard InChI is InChI=1S/C37H30N2O10S2/c1-21(2)24-9-11-25(12-10-24)38-28-17-19-30(48-50(44,45)26-13-5-22(3)6-14-26)34-32(28)36(40)35-31(20-18-29(39(42)43)33(35)37(34)41)49-51(46,47)27-15-7-23(4)8-16-27/h5-21,38H,1-4H3. The summed E-state index contributed by atoms with van der Waals surface area (Å²) in [5.41, 5.74) is -0.212. The summed E-state index contributed by atoms with van der Waals surface area (Å²) in [5, 5.41) is 15.3. The molecule has 0 atom stereocenters. The van der Waals surface area contributed by atoms with Crippen molar-refractivity contribution < 1.29 is 39.7 Å². The molecule has 12 nitrogen and oxygen atoms in total. The molecule has 260 valence electrons. The highest BCUT2D eigenvalue weighted by Gasteiger charge is 2.43. The van der Waals surface area contributed by atoms with Crippen LogP contribution in [0.25, 0.3) is 0 Å². The molecule has 0 fully saturated rings. The van der Waals surface area contributed by atoms with Gasteiger partial charge in [-0.3, -0.25) is 19.7 Å². The zero-order valence-corrected chi connectivity index (χ0v) is 29.3. The fourth-order valence-corrected chi connectivity index (χ4v) is 7.45. The van der Waals surface area contributed by atoms with Crippen molar-refractivity contribution in [2.24, 2.45) is 0 Å². The van der Waals surface area contributed by atoms with Crippen LogP contribution in [0.1, 0.15) is 68.3 Å². The van der Waals surface area contributed by atoms with Gasteiger partial charge in [-0.25, -0.2) is 0 Å². The molecule has 51 heavy (non-hydrogen) atoms. The fourth-order valence-electron chi connectivity index (χ4n) is 5.57.